The molecule has 0 bridgehead atoms. The molecule has 0 unspecified atom stereocenters. The molecule has 1 aromatic rings. The van der Waals surface area contributed by atoms with Crippen LogP contribution >= 0.6 is 0 Å². The van der Waals surface area contributed by atoms with E-state index in [9.17, 15) is 0 Å². The van der Waals surface area contributed by atoms with Crippen LogP contribution in [0.3, 0.4) is 0 Å². The van der Waals surface area contributed by atoms with E-state index in [0.29, 0.717) is 12.1 Å². The first-order chi connectivity index (χ1) is 11.3. The molecule has 1 saturated heterocycles. The third kappa shape index (κ3) is 3.54. The zero-order valence-corrected chi connectivity index (χ0v) is 13.9. The SMILES string of the molecule is COc1cccc(CN2CCO[C@H]3[C@H]2CC[C@H]3OCC2CC2)c1. The monoisotopic (exact) mass is 317 g/mol. The van der Waals surface area contributed by atoms with Crippen LogP contribution < -0.4 is 4.74 Å². The van der Waals surface area contributed by atoms with Crippen molar-refractivity contribution in [2.75, 3.05) is 26.9 Å². The molecule has 4 nitrogen and oxygen atoms in total. The van der Waals surface area contributed by atoms with Crippen molar-refractivity contribution in [2.45, 2.75) is 50.5 Å². The van der Waals surface area contributed by atoms with Crippen LogP contribution in [-0.2, 0) is 16.0 Å². The standard InChI is InChI=1S/C19H27NO3/c1-21-16-4-2-3-15(11-16)12-20-9-10-22-19-17(20)7-8-18(19)23-13-14-5-6-14/h2-4,11,14,17-19H,5-10,12-13H2,1H3/t17-,18-,19+/m1/s1. The van der Waals surface area contributed by atoms with E-state index in [1.165, 1.54) is 24.8 Å². The highest BCUT2D eigenvalue weighted by molar-refractivity contribution is 5.28. The van der Waals surface area contributed by atoms with E-state index in [0.717, 1.165) is 44.4 Å². The maximum absolute atomic E-state index is 6.16. The molecule has 0 radical (unpaired) electrons. The van der Waals surface area contributed by atoms with Crippen LogP contribution in [0.5, 0.6) is 5.75 Å². The highest BCUT2D eigenvalue weighted by atomic mass is 16.5. The Balaban J connectivity index is 1.39. The van der Waals surface area contributed by atoms with Crippen LogP contribution in [0, 0.1) is 5.92 Å². The summed E-state index contributed by atoms with van der Waals surface area (Å²) < 4.78 is 17.6. The summed E-state index contributed by atoms with van der Waals surface area (Å²) in [6, 6.07) is 8.90. The summed E-state index contributed by atoms with van der Waals surface area (Å²) in [5, 5.41) is 0. The summed E-state index contributed by atoms with van der Waals surface area (Å²) in [5.41, 5.74) is 1.31. The third-order valence-electron chi connectivity index (χ3n) is 5.41. The van der Waals surface area contributed by atoms with Gasteiger partial charge in [0.15, 0.2) is 0 Å². The van der Waals surface area contributed by atoms with Gasteiger partial charge < -0.3 is 14.2 Å². The molecule has 3 fully saturated rings. The van der Waals surface area contributed by atoms with Gasteiger partial charge in [0.25, 0.3) is 0 Å². The zero-order chi connectivity index (χ0) is 15.6. The first-order valence-corrected chi connectivity index (χ1v) is 8.93. The van der Waals surface area contributed by atoms with Crippen LogP contribution in [0.4, 0.5) is 0 Å². The lowest BCUT2D eigenvalue weighted by atomic mass is 10.1. The van der Waals surface area contributed by atoms with Crippen LogP contribution in [-0.4, -0.2) is 50.0 Å². The average Bonchev–Trinajstić information content (AvgIpc) is 3.32. The molecule has 0 aromatic heterocycles. The highest BCUT2D eigenvalue weighted by Crippen LogP contribution is 2.35. The molecular formula is C19H27NO3. The molecule has 23 heavy (non-hydrogen) atoms. The van der Waals surface area contributed by atoms with Crippen molar-refractivity contribution in [1.82, 2.24) is 4.90 Å². The Kier molecular flexibility index (Phi) is 4.56. The van der Waals surface area contributed by atoms with Crippen molar-refractivity contribution < 1.29 is 14.2 Å². The topological polar surface area (TPSA) is 30.9 Å². The van der Waals surface area contributed by atoms with Gasteiger partial charge in [-0.15, -0.1) is 0 Å². The first kappa shape index (κ1) is 15.4. The molecule has 126 valence electrons. The van der Waals surface area contributed by atoms with E-state index >= 15 is 0 Å². The van der Waals surface area contributed by atoms with Gasteiger partial charge in [-0.2, -0.15) is 0 Å². The molecule has 2 aliphatic carbocycles. The van der Waals surface area contributed by atoms with E-state index in [2.05, 4.69) is 23.1 Å². The summed E-state index contributed by atoms with van der Waals surface area (Å²) in [4.78, 5) is 2.57. The highest BCUT2D eigenvalue weighted by Gasteiger charge is 2.43. The number of fused-ring (bicyclic) bond motifs is 1. The number of methoxy groups -OCH3 is 1. The van der Waals surface area contributed by atoms with E-state index in [1.807, 2.05) is 6.07 Å². The normalized spacial score (nSPS) is 31.1. The van der Waals surface area contributed by atoms with Crippen LogP contribution in [0.2, 0.25) is 0 Å². The van der Waals surface area contributed by atoms with Crippen LogP contribution in [0.15, 0.2) is 24.3 Å². The molecule has 3 atom stereocenters. The molecule has 3 aliphatic rings. The Morgan fingerprint density at radius 3 is 2.96 bits per heavy atom. The third-order valence-corrected chi connectivity index (χ3v) is 5.41. The smallest absolute Gasteiger partial charge is 0.119 e. The van der Waals surface area contributed by atoms with Gasteiger partial charge in [-0.3, -0.25) is 4.90 Å². The second kappa shape index (κ2) is 6.80. The second-order valence-corrected chi connectivity index (χ2v) is 7.12. The first-order valence-electron chi connectivity index (χ1n) is 8.93. The summed E-state index contributed by atoms with van der Waals surface area (Å²) in [6.07, 6.45) is 5.58. The maximum Gasteiger partial charge on any atom is 0.119 e. The van der Waals surface area contributed by atoms with Gasteiger partial charge in [0.05, 0.1) is 25.9 Å². The Morgan fingerprint density at radius 2 is 2.13 bits per heavy atom. The summed E-state index contributed by atoms with van der Waals surface area (Å²) in [6.45, 7) is 3.73. The molecule has 2 saturated carbocycles. The molecule has 4 heteroatoms. The number of hydrogen-bond acceptors (Lipinski definition) is 4. The van der Waals surface area contributed by atoms with Gasteiger partial charge in [0.2, 0.25) is 0 Å². The average molecular weight is 317 g/mol. The van der Waals surface area contributed by atoms with Crippen LogP contribution in [0.1, 0.15) is 31.2 Å². The minimum absolute atomic E-state index is 0.258. The number of morpholine rings is 1. The van der Waals surface area contributed by atoms with E-state index in [4.69, 9.17) is 14.2 Å². The lowest BCUT2D eigenvalue weighted by molar-refractivity contribution is -0.116. The van der Waals surface area contributed by atoms with E-state index in [-0.39, 0.29) is 6.10 Å². The predicted molar refractivity (Wildman–Crippen MR) is 88.6 cm³/mol. The molecule has 0 amide bonds. The van der Waals surface area contributed by atoms with E-state index in [1.54, 1.807) is 7.11 Å². The fraction of sp³-hybridized carbons (Fsp3) is 0.684. The number of rotatable bonds is 6. The summed E-state index contributed by atoms with van der Waals surface area (Å²) in [7, 11) is 1.72. The molecule has 1 heterocycles. The number of benzene rings is 1. The molecule has 1 aliphatic heterocycles. The molecule has 1 aromatic carbocycles. The summed E-state index contributed by atoms with van der Waals surface area (Å²) in [5.74, 6) is 1.76. The molecule has 0 spiro atoms. The zero-order valence-electron chi connectivity index (χ0n) is 13.9. The van der Waals surface area contributed by atoms with E-state index < -0.39 is 0 Å². The largest absolute Gasteiger partial charge is 0.497 e. The second-order valence-electron chi connectivity index (χ2n) is 7.12. The van der Waals surface area contributed by atoms with Crippen molar-refractivity contribution >= 4 is 0 Å². The van der Waals surface area contributed by atoms with Crippen molar-refractivity contribution in [2.24, 2.45) is 5.92 Å². The van der Waals surface area contributed by atoms with Crippen molar-refractivity contribution in [1.29, 1.82) is 0 Å². The Morgan fingerprint density at radius 1 is 1.22 bits per heavy atom. The fourth-order valence-electron chi connectivity index (χ4n) is 3.92. The van der Waals surface area contributed by atoms with Crippen molar-refractivity contribution in [3.05, 3.63) is 29.8 Å². The van der Waals surface area contributed by atoms with Gasteiger partial charge in [-0.1, -0.05) is 12.1 Å². The van der Waals surface area contributed by atoms with Gasteiger partial charge in [0, 0.05) is 25.7 Å². The maximum atomic E-state index is 6.16. The van der Waals surface area contributed by atoms with Gasteiger partial charge >= 0.3 is 0 Å². The quantitative estimate of drug-likeness (QED) is 0.807. The minimum Gasteiger partial charge on any atom is -0.497 e. The number of ether oxygens (including phenoxy) is 3. The summed E-state index contributed by atoms with van der Waals surface area (Å²) >= 11 is 0. The number of hydrogen-bond donors (Lipinski definition) is 0. The lowest BCUT2D eigenvalue weighted by Crippen LogP contribution is -2.51. The van der Waals surface area contributed by atoms with Crippen molar-refractivity contribution in [3.63, 3.8) is 0 Å². The van der Waals surface area contributed by atoms with Crippen molar-refractivity contribution in [3.8, 4) is 5.75 Å². The molecule has 4 rings (SSSR count). The Hall–Kier alpha value is -1.10. The van der Waals surface area contributed by atoms with Gasteiger partial charge in [-0.05, 0) is 49.3 Å². The van der Waals surface area contributed by atoms with Gasteiger partial charge in [0.1, 0.15) is 5.75 Å². The fourth-order valence-corrected chi connectivity index (χ4v) is 3.92. The van der Waals surface area contributed by atoms with Gasteiger partial charge in [-0.25, -0.2) is 0 Å². The number of nitrogens with zero attached hydrogens (tertiary/aromatic N) is 1. The minimum atomic E-state index is 0.258. The lowest BCUT2D eigenvalue weighted by Gasteiger charge is -2.39. The predicted octanol–water partition coefficient (Wildman–Crippen LogP) is 2.85. The Bertz CT molecular complexity index is 531. The van der Waals surface area contributed by atoms with Crippen LogP contribution in [0.25, 0.3) is 0 Å². The molecule has 0 N–H and O–H groups in total. The molecular weight excluding hydrogens is 290 g/mol. The Labute approximate surface area is 138 Å².